The van der Waals surface area contributed by atoms with Gasteiger partial charge in [0.1, 0.15) is 17.5 Å². The van der Waals surface area contributed by atoms with E-state index in [0.717, 1.165) is 4.90 Å². The van der Waals surface area contributed by atoms with E-state index < -0.39 is 23.8 Å². The van der Waals surface area contributed by atoms with Gasteiger partial charge in [-0.05, 0) is 48.9 Å². The van der Waals surface area contributed by atoms with Crippen molar-refractivity contribution in [2.45, 2.75) is 19.4 Å². The summed E-state index contributed by atoms with van der Waals surface area (Å²) in [6, 6.07) is 16.5. The normalized spacial score (nSPS) is 13.9. The van der Waals surface area contributed by atoms with Crippen molar-refractivity contribution in [2.75, 3.05) is 6.61 Å². The van der Waals surface area contributed by atoms with Crippen LogP contribution in [0.3, 0.4) is 0 Å². The number of hydrogen-bond donors (Lipinski definition) is 2. The number of benzene rings is 3. The lowest BCUT2D eigenvalue weighted by atomic mass is 10.0. The first-order valence-electron chi connectivity index (χ1n) is 10.7. The van der Waals surface area contributed by atoms with Gasteiger partial charge >= 0.3 is 5.97 Å². The Morgan fingerprint density at radius 2 is 1.65 bits per heavy atom. The topological polar surface area (TPSA) is 116 Å². The van der Waals surface area contributed by atoms with E-state index in [4.69, 9.17) is 4.74 Å². The fourth-order valence-corrected chi connectivity index (χ4v) is 3.74. The molecule has 8 nitrogen and oxygen atoms in total. The Morgan fingerprint density at radius 3 is 2.24 bits per heavy atom. The van der Waals surface area contributed by atoms with Crippen molar-refractivity contribution in [1.82, 2.24) is 4.90 Å². The van der Waals surface area contributed by atoms with Crippen molar-refractivity contribution in [3.8, 4) is 11.5 Å². The van der Waals surface area contributed by atoms with Crippen LogP contribution in [0, 0.1) is 0 Å². The molecule has 172 valence electrons. The smallest absolute Gasteiger partial charge is 0.329 e. The maximum atomic E-state index is 12.9. The van der Waals surface area contributed by atoms with Crippen LogP contribution in [0.1, 0.15) is 38.8 Å². The van der Waals surface area contributed by atoms with Gasteiger partial charge in [0.05, 0.1) is 23.4 Å². The molecule has 4 rings (SSSR count). The molecule has 0 aromatic heterocycles. The van der Waals surface area contributed by atoms with E-state index >= 15 is 0 Å². The van der Waals surface area contributed by atoms with E-state index in [2.05, 4.69) is 4.99 Å². The lowest BCUT2D eigenvalue weighted by molar-refractivity contribution is -0.147. The summed E-state index contributed by atoms with van der Waals surface area (Å²) >= 11 is 0. The molecule has 0 spiro atoms. The molecule has 2 amide bonds. The molecule has 1 aliphatic heterocycles. The molecular formula is C26H22N2O6. The highest BCUT2D eigenvalue weighted by molar-refractivity contribution is 6.22. The molecule has 8 heteroatoms. The van der Waals surface area contributed by atoms with E-state index in [1.54, 1.807) is 55.5 Å². The van der Waals surface area contributed by atoms with Crippen molar-refractivity contribution < 1.29 is 29.3 Å². The van der Waals surface area contributed by atoms with Crippen LogP contribution < -0.4 is 0 Å². The SMILES string of the molecule is CCOC(=O)[C@@H](Cc1ccc(N=Cc2ccc(O)cc2O)cc1)N1C(=O)c2ccccc2C1=O. The lowest BCUT2D eigenvalue weighted by Crippen LogP contribution is -2.47. The van der Waals surface area contributed by atoms with Gasteiger partial charge in [-0.25, -0.2) is 4.79 Å². The van der Waals surface area contributed by atoms with Crippen molar-refractivity contribution in [1.29, 1.82) is 0 Å². The van der Waals surface area contributed by atoms with Crippen molar-refractivity contribution in [2.24, 2.45) is 4.99 Å². The Kier molecular flexibility index (Phi) is 6.40. The number of nitrogens with zero attached hydrogens (tertiary/aromatic N) is 2. The Morgan fingerprint density at radius 1 is 1.00 bits per heavy atom. The minimum atomic E-state index is -1.10. The van der Waals surface area contributed by atoms with Gasteiger partial charge in [-0.3, -0.25) is 19.5 Å². The Hall–Kier alpha value is -4.46. The summed E-state index contributed by atoms with van der Waals surface area (Å²) in [5.41, 5.74) is 2.27. The minimum Gasteiger partial charge on any atom is -0.508 e. The molecule has 1 atom stereocenters. The number of aliphatic imine (C=N–C) groups is 1. The molecule has 1 heterocycles. The monoisotopic (exact) mass is 458 g/mol. The number of esters is 1. The number of hydrogen-bond acceptors (Lipinski definition) is 7. The van der Waals surface area contributed by atoms with Crippen molar-refractivity contribution in [3.63, 3.8) is 0 Å². The molecule has 0 fully saturated rings. The molecule has 3 aromatic carbocycles. The van der Waals surface area contributed by atoms with Gasteiger partial charge in [0.2, 0.25) is 0 Å². The Bertz CT molecular complexity index is 1250. The number of rotatable bonds is 7. The number of imide groups is 1. The van der Waals surface area contributed by atoms with Crippen LogP contribution in [0.15, 0.2) is 71.7 Å². The first-order chi connectivity index (χ1) is 16.4. The van der Waals surface area contributed by atoms with E-state index in [9.17, 15) is 24.6 Å². The second-order valence-corrected chi connectivity index (χ2v) is 7.67. The molecule has 2 N–H and O–H groups in total. The first-order valence-corrected chi connectivity index (χ1v) is 10.7. The summed E-state index contributed by atoms with van der Waals surface area (Å²) in [5.74, 6) is -1.84. The van der Waals surface area contributed by atoms with E-state index in [-0.39, 0.29) is 35.7 Å². The van der Waals surface area contributed by atoms with E-state index in [1.165, 1.54) is 24.4 Å². The maximum Gasteiger partial charge on any atom is 0.329 e. The molecule has 0 bridgehead atoms. The number of fused-ring (bicyclic) bond motifs is 1. The summed E-state index contributed by atoms with van der Waals surface area (Å²) < 4.78 is 5.16. The van der Waals surface area contributed by atoms with Gasteiger partial charge in [0.15, 0.2) is 0 Å². The third kappa shape index (κ3) is 4.52. The number of carbonyl (C=O) groups excluding carboxylic acids is 3. The average molecular weight is 458 g/mol. The molecule has 0 aliphatic carbocycles. The molecule has 0 saturated carbocycles. The van der Waals surface area contributed by atoms with Crippen molar-refractivity contribution >= 4 is 29.7 Å². The lowest BCUT2D eigenvalue weighted by Gasteiger charge is -2.24. The molecule has 0 saturated heterocycles. The summed E-state index contributed by atoms with van der Waals surface area (Å²) in [6.45, 7) is 1.78. The highest BCUT2D eigenvalue weighted by atomic mass is 16.5. The zero-order valence-corrected chi connectivity index (χ0v) is 18.3. The highest BCUT2D eigenvalue weighted by Crippen LogP contribution is 2.27. The molecule has 0 unspecified atom stereocenters. The summed E-state index contributed by atoms with van der Waals surface area (Å²) in [4.78, 5) is 43.8. The van der Waals surface area contributed by atoms with Gasteiger partial charge in [-0.1, -0.05) is 24.3 Å². The number of phenols is 2. The third-order valence-corrected chi connectivity index (χ3v) is 5.43. The Labute approximate surface area is 195 Å². The van der Waals surface area contributed by atoms with Gasteiger partial charge < -0.3 is 14.9 Å². The van der Waals surface area contributed by atoms with Crippen LogP contribution >= 0.6 is 0 Å². The first kappa shape index (κ1) is 22.7. The molecular weight excluding hydrogens is 436 g/mol. The second kappa shape index (κ2) is 9.58. The van der Waals surface area contributed by atoms with Gasteiger partial charge in [0.25, 0.3) is 11.8 Å². The number of ether oxygens (including phenoxy) is 1. The van der Waals surface area contributed by atoms with Gasteiger partial charge in [-0.15, -0.1) is 0 Å². The van der Waals surface area contributed by atoms with E-state index in [0.29, 0.717) is 16.8 Å². The fourth-order valence-electron chi connectivity index (χ4n) is 3.74. The van der Waals surface area contributed by atoms with Crippen LogP contribution in [0.2, 0.25) is 0 Å². The predicted octanol–water partition coefficient (Wildman–Crippen LogP) is 3.62. The maximum absolute atomic E-state index is 12.9. The van der Waals surface area contributed by atoms with Crippen LogP contribution in [-0.4, -0.2) is 51.8 Å². The molecule has 3 aromatic rings. The largest absolute Gasteiger partial charge is 0.508 e. The van der Waals surface area contributed by atoms with Crippen LogP contribution in [0.4, 0.5) is 5.69 Å². The quantitative estimate of drug-likeness (QED) is 0.317. The van der Waals surface area contributed by atoms with Gasteiger partial charge in [-0.2, -0.15) is 0 Å². The van der Waals surface area contributed by atoms with Crippen LogP contribution in [-0.2, 0) is 16.0 Å². The fraction of sp³-hybridized carbons (Fsp3) is 0.154. The number of aromatic hydroxyl groups is 2. The standard InChI is InChI=1S/C26H22N2O6/c1-2-34-26(33)22(28-24(31)20-5-3-4-6-21(20)25(28)32)13-16-7-10-18(11-8-16)27-15-17-9-12-19(29)14-23(17)30/h3-12,14-15,22,29-30H,2,13H2,1H3/t22-/m1/s1. The average Bonchev–Trinajstić information content (AvgIpc) is 3.08. The zero-order valence-electron chi connectivity index (χ0n) is 18.3. The summed E-state index contributed by atoms with van der Waals surface area (Å²) in [7, 11) is 0. The van der Waals surface area contributed by atoms with Gasteiger partial charge in [0, 0.05) is 24.3 Å². The summed E-state index contributed by atoms with van der Waals surface area (Å²) in [6.07, 6.45) is 1.55. The second-order valence-electron chi connectivity index (χ2n) is 7.67. The predicted molar refractivity (Wildman–Crippen MR) is 125 cm³/mol. The van der Waals surface area contributed by atoms with Crippen molar-refractivity contribution in [3.05, 3.63) is 89.0 Å². The molecule has 34 heavy (non-hydrogen) atoms. The number of amides is 2. The number of phenolic OH excluding ortho intramolecular Hbond substituents is 2. The van der Waals surface area contributed by atoms with E-state index in [1.807, 2.05) is 0 Å². The highest BCUT2D eigenvalue weighted by Gasteiger charge is 2.43. The zero-order chi connectivity index (χ0) is 24.2. The van der Waals surface area contributed by atoms with Crippen LogP contribution in [0.25, 0.3) is 0 Å². The Balaban J connectivity index is 1.54. The number of carbonyl (C=O) groups is 3. The summed E-state index contributed by atoms with van der Waals surface area (Å²) in [5, 5.41) is 19.2. The minimum absolute atomic E-state index is 0.0479. The van der Waals surface area contributed by atoms with Crippen LogP contribution in [0.5, 0.6) is 11.5 Å². The third-order valence-electron chi connectivity index (χ3n) is 5.43. The molecule has 1 aliphatic rings. The molecule has 0 radical (unpaired) electrons.